The molecule has 3 aromatic carbocycles. The quantitative estimate of drug-likeness (QED) is 0.177. The molecule has 14 nitrogen and oxygen atoms in total. The van der Waals surface area contributed by atoms with E-state index in [1.54, 1.807) is 24.3 Å². The number of sulfone groups is 1. The Kier molecular flexibility index (Phi) is 11.3. The van der Waals surface area contributed by atoms with Gasteiger partial charge in [-0.15, -0.1) is 0 Å². The van der Waals surface area contributed by atoms with Crippen LogP contribution >= 0.6 is 11.6 Å². The molecule has 2 N–H and O–H groups in total. The maximum Gasteiger partial charge on any atom is 0.405 e. The first-order valence-corrected chi connectivity index (χ1v) is 20.3. The van der Waals surface area contributed by atoms with Crippen LogP contribution in [0.4, 0.5) is 19.4 Å². The molecule has 290 valence electrons. The highest BCUT2D eigenvalue weighted by molar-refractivity contribution is 7.92. The Morgan fingerprint density at radius 3 is 2.24 bits per heavy atom. The minimum atomic E-state index is -4.03. The van der Waals surface area contributed by atoms with Crippen molar-refractivity contribution >= 4 is 54.3 Å². The van der Waals surface area contributed by atoms with E-state index in [-0.39, 0.29) is 51.1 Å². The predicted molar refractivity (Wildman–Crippen MR) is 203 cm³/mol. The zero-order valence-corrected chi connectivity index (χ0v) is 32.6. The standard InChI is InChI=1S/C36H35ClF2N6O8S2/c1-36(2,54(5,49)50)14-13-25-19-30(46)45(33(40-25)28(41-35(47)48)17-22-15-23(38)18-24(39)16-22)29-12-11-27(37)31-32(29)43(3)42-34(31)44(55(6,51)52)20-21-7-9-26(53-4)10-8-21/h7-12,15-16,18-19,28,41H,17,20H2,1-6H3,(H,47,48)/t28-/m0/s1. The van der Waals surface area contributed by atoms with Crippen LogP contribution in [0.3, 0.4) is 0 Å². The molecule has 1 atom stereocenters. The maximum absolute atomic E-state index is 14.3. The van der Waals surface area contributed by atoms with Crippen molar-refractivity contribution in [3.8, 4) is 23.3 Å². The second-order valence-electron chi connectivity index (χ2n) is 13.0. The number of methoxy groups -OCH3 is 1. The number of nitrogens with one attached hydrogen (secondary N) is 1. The van der Waals surface area contributed by atoms with Gasteiger partial charge >= 0.3 is 6.09 Å². The first-order valence-electron chi connectivity index (χ1n) is 16.2. The maximum atomic E-state index is 14.3. The third kappa shape index (κ3) is 8.90. The lowest BCUT2D eigenvalue weighted by Crippen LogP contribution is -2.35. The molecular formula is C36H35ClF2N6O8S2. The highest BCUT2D eigenvalue weighted by Crippen LogP contribution is 2.38. The first kappa shape index (κ1) is 40.7. The fourth-order valence-electron chi connectivity index (χ4n) is 5.61. The average molecular weight is 817 g/mol. The Morgan fingerprint density at radius 1 is 1.04 bits per heavy atom. The van der Waals surface area contributed by atoms with Gasteiger partial charge in [0.25, 0.3) is 5.56 Å². The molecule has 0 saturated carbocycles. The summed E-state index contributed by atoms with van der Waals surface area (Å²) in [5.74, 6) is 3.45. The molecule has 5 rings (SSSR count). The minimum absolute atomic E-state index is 0.00172. The number of halogens is 3. The molecule has 0 fully saturated rings. The molecule has 2 heterocycles. The number of rotatable bonds is 11. The molecule has 19 heteroatoms. The number of carboxylic acid groups (broad SMARTS) is 1. The summed E-state index contributed by atoms with van der Waals surface area (Å²) in [6.07, 6.45) is -0.0252. The molecule has 0 saturated heterocycles. The van der Waals surface area contributed by atoms with Crippen LogP contribution in [0.2, 0.25) is 5.02 Å². The Morgan fingerprint density at radius 2 is 1.67 bits per heavy atom. The summed E-state index contributed by atoms with van der Waals surface area (Å²) in [4.78, 5) is 30.9. The minimum Gasteiger partial charge on any atom is -0.497 e. The largest absolute Gasteiger partial charge is 0.497 e. The highest BCUT2D eigenvalue weighted by Gasteiger charge is 2.31. The number of amides is 1. The molecule has 2 aromatic heterocycles. The van der Waals surface area contributed by atoms with E-state index in [4.69, 9.17) is 16.3 Å². The van der Waals surface area contributed by atoms with Gasteiger partial charge in [0.15, 0.2) is 15.7 Å². The third-order valence-electron chi connectivity index (χ3n) is 8.60. The number of anilines is 1. The van der Waals surface area contributed by atoms with E-state index >= 15 is 0 Å². The number of hydrogen-bond acceptors (Lipinski definition) is 9. The van der Waals surface area contributed by atoms with Crippen LogP contribution in [0.15, 0.2) is 65.5 Å². The molecule has 0 radical (unpaired) electrons. The summed E-state index contributed by atoms with van der Waals surface area (Å²) in [5.41, 5.74) is -0.359. The number of carbonyl (C=O) groups is 1. The molecule has 0 aliphatic carbocycles. The highest BCUT2D eigenvalue weighted by atomic mass is 35.5. The van der Waals surface area contributed by atoms with Crippen molar-refractivity contribution in [2.45, 2.75) is 37.6 Å². The van der Waals surface area contributed by atoms with Crippen molar-refractivity contribution in [2.75, 3.05) is 23.9 Å². The van der Waals surface area contributed by atoms with Gasteiger partial charge in [-0.3, -0.25) is 14.0 Å². The molecule has 1 amide bonds. The second kappa shape index (κ2) is 15.3. The molecule has 0 aliphatic rings. The van der Waals surface area contributed by atoms with E-state index in [1.165, 1.54) is 44.8 Å². The van der Waals surface area contributed by atoms with E-state index in [9.17, 15) is 40.3 Å². The van der Waals surface area contributed by atoms with Crippen molar-refractivity contribution in [3.63, 3.8) is 0 Å². The van der Waals surface area contributed by atoms with Crippen molar-refractivity contribution in [1.82, 2.24) is 24.6 Å². The number of hydrogen-bond donors (Lipinski definition) is 2. The first-order chi connectivity index (χ1) is 25.6. The Labute approximate surface area is 320 Å². The number of nitrogens with zero attached hydrogens (tertiary/aromatic N) is 5. The van der Waals surface area contributed by atoms with Crippen LogP contribution in [0.1, 0.15) is 42.5 Å². The summed E-state index contributed by atoms with van der Waals surface area (Å²) in [7, 11) is -4.78. The van der Waals surface area contributed by atoms with Gasteiger partial charge in [-0.25, -0.2) is 39.7 Å². The Balaban J connectivity index is 1.81. The van der Waals surface area contributed by atoms with Gasteiger partial charge in [-0.1, -0.05) is 29.7 Å². The van der Waals surface area contributed by atoms with Gasteiger partial charge < -0.3 is 15.2 Å². The van der Waals surface area contributed by atoms with Gasteiger partial charge in [-0.05, 0) is 67.3 Å². The fourth-order valence-corrected chi connectivity index (χ4v) is 6.91. The Hall–Kier alpha value is -5.51. The van der Waals surface area contributed by atoms with Crippen LogP contribution in [0.25, 0.3) is 16.6 Å². The van der Waals surface area contributed by atoms with Gasteiger partial charge in [0, 0.05) is 31.9 Å². The number of ether oxygens (including phenoxy) is 1. The van der Waals surface area contributed by atoms with Gasteiger partial charge in [0.2, 0.25) is 10.0 Å². The number of fused-ring (bicyclic) bond motifs is 1. The van der Waals surface area contributed by atoms with E-state index < -0.39 is 60.4 Å². The zero-order chi connectivity index (χ0) is 40.6. The predicted octanol–water partition coefficient (Wildman–Crippen LogP) is 4.75. The molecule has 55 heavy (non-hydrogen) atoms. The second-order valence-corrected chi connectivity index (χ2v) is 17.9. The molecule has 0 aliphatic heterocycles. The van der Waals surface area contributed by atoms with Gasteiger partial charge in [0.05, 0.1) is 47.6 Å². The summed E-state index contributed by atoms with van der Waals surface area (Å²) < 4.78 is 87.0. The zero-order valence-electron chi connectivity index (χ0n) is 30.3. The monoisotopic (exact) mass is 816 g/mol. The van der Waals surface area contributed by atoms with Crippen molar-refractivity contribution in [1.29, 1.82) is 0 Å². The summed E-state index contributed by atoms with van der Waals surface area (Å²) in [6.45, 7) is 2.53. The smallest absolute Gasteiger partial charge is 0.405 e. The molecular weight excluding hydrogens is 782 g/mol. The molecule has 0 spiro atoms. The lowest BCUT2D eigenvalue weighted by atomic mass is 10.0. The van der Waals surface area contributed by atoms with Crippen molar-refractivity contribution in [3.05, 3.63) is 110 Å². The van der Waals surface area contributed by atoms with E-state index in [2.05, 4.69) is 27.2 Å². The number of aryl methyl sites for hydroxylation is 1. The average Bonchev–Trinajstić information content (AvgIpc) is 3.42. The lowest BCUT2D eigenvalue weighted by molar-refractivity contribution is 0.189. The van der Waals surface area contributed by atoms with Gasteiger partial charge in [-0.2, -0.15) is 5.10 Å². The number of sulfonamides is 1. The van der Waals surface area contributed by atoms with E-state index in [0.717, 1.165) is 39.6 Å². The van der Waals surface area contributed by atoms with E-state index in [0.29, 0.717) is 17.4 Å². The van der Waals surface area contributed by atoms with Crippen LogP contribution in [0, 0.1) is 23.5 Å². The molecule has 0 unspecified atom stereocenters. The third-order valence-corrected chi connectivity index (χ3v) is 12.0. The topological polar surface area (TPSA) is 183 Å². The number of benzene rings is 3. The fraction of sp³-hybridized carbons (Fsp3) is 0.278. The van der Waals surface area contributed by atoms with Crippen molar-refractivity contribution in [2.24, 2.45) is 7.05 Å². The van der Waals surface area contributed by atoms with E-state index in [1.807, 2.05) is 0 Å². The van der Waals surface area contributed by atoms with Crippen LogP contribution < -0.4 is 19.9 Å². The van der Waals surface area contributed by atoms with Crippen LogP contribution in [-0.4, -0.2) is 71.7 Å². The molecule has 5 aromatic rings. The Bertz CT molecular complexity index is 2650. The SMILES string of the molecule is COc1ccc(CN(c2nn(C)c3c(-n4c([C@H](Cc5cc(F)cc(F)c5)NC(=O)O)nc(C#CC(C)(C)S(C)(=O)=O)cc4=O)ccc(Cl)c23)S(C)(=O)=O)cc1. The lowest BCUT2D eigenvalue weighted by Gasteiger charge is -2.22. The van der Waals surface area contributed by atoms with Crippen LogP contribution in [0.5, 0.6) is 5.75 Å². The van der Waals surface area contributed by atoms with Crippen molar-refractivity contribution < 1.29 is 40.3 Å². The summed E-state index contributed by atoms with van der Waals surface area (Å²) in [6, 6.07) is 11.6. The molecule has 0 bridgehead atoms. The van der Waals surface area contributed by atoms with Crippen LogP contribution in [-0.2, 0) is 39.9 Å². The van der Waals surface area contributed by atoms with Gasteiger partial charge in [0.1, 0.15) is 33.6 Å². The summed E-state index contributed by atoms with van der Waals surface area (Å²) in [5, 5.41) is 16.8. The summed E-state index contributed by atoms with van der Waals surface area (Å²) >= 11 is 6.74. The number of aromatic nitrogens is 4. The normalized spacial score (nSPS) is 12.5.